The van der Waals surface area contributed by atoms with E-state index >= 15 is 0 Å². The fourth-order valence-corrected chi connectivity index (χ4v) is 1.84. The molecule has 0 fully saturated rings. The van der Waals surface area contributed by atoms with Crippen LogP contribution >= 0.6 is 0 Å². The summed E-state index contributed by atoms with van der Waals surface area (Å²) < 4.78 is 19.0. The van der Waals surface area contributed by atoms with Crippen molar-refractivity contribution >= 4 is 11.6 Å². The maximum atomic E-state index is 13.9. The van der Waals surface area contributed by atoms with Crippen molar-refractivity contribution in [3.8, 4) is 5.75 Å². The SMILES string of the molecule is CC.CO.[CH2-]CCOc1cc([N+](=O)[O-])c(C(=O)N(CC)CC)cc1F.[W]. The van der Waals surface area contributed by atoms with E-state index in [-0.39, 0.29) is 39.0 Å². The third-order valence-electron chi connectivity index (χ3n) is 2.93. The van der Waals surface area contributed by atoms with Crippen LogP contribution in [0, 0.1) is 22.9 Å². The third kappa shape index (κ3) is 8.72. The number of carbonyl (C=O) groups excluding carboxylic acids is 1. The third-order valence-corrected chi connectivity index (χ3v) is 2.93. The number of nitro benzene ring substituents is 1. The molecule has 1 amide bonds. The Labute approximate surface area is 168 Å². The summed E-state index contributed by atoms with van der Waals surface area (Å²) in [6.45, 7) is 11.9. The smallest absolute Gasteiger partial charge is 0.286 e. The number of amides is 1. The number of rotatable bonds is 7. The maximum Gasteiger partial charge on any atom is 0.286 e. The molecular weight excluding hydrogens is 515 g/mol. The van der Waals surface area contributed by atoms with Crippen molar-refractivity contribution < 1.29 is 45.0 Å². The minimum Gasteiger partial charge on any atom is -0.493 e. The number of carbonyl (C=O) groups is 1. The Bertz CT molecular complexity index is 540. The zero-order valence-corrected chi connectivity index (χ0v) is 18.9. The molecule has 7 nitrogen and oxygen atoms in total. The van der Waals surface area contributed by atoms with Gasteiger partial charge in [-0.25, -0.2) is 4.39 Å². The maximum absolute atomic E-state index is 13.9. The van der Waals surface area contributed by atoms with Gasteiger partial charge in [-0.05, 0) is 19.9 Å². The van der Waals surface area contributed by atoms with Crippen LogP contribution in [0.15, 0.2) is 12.1 Å². The summed E-state index contributed by atoms with van der Waals surface area (Å²) in [7, 11) is 1.00. The minimum atomic E-state index is -0.801. The van der Waals surface area contributed by atoms with Gasteiger partial charge in [0, 0.05) is 41.3 Å². The predicted octanol–water partition coefficient (Wildman–Crippen LogP) is 3.45. The first-order chi connectivity index (χ1) is 12.0. The average molecular weight is 543 g/mol. The molecule has 0 aliphatic carbocycles. The fourth-order valence-electron chi connectivity index (χ4n) is 1.84. The molecule has 0 bridgehead atoms. The molecule has 0 aliphatic rings. The van der Waals surface area contributed by atoms with Crippen LogP contribution in [0.5, 0.6) is 5.75 Å². The van der Waals surface area contributed by atoms with E-state index in [1.165, 1.54) is 4.90 Å². The number of hydrogen-bond donors (Lipinski definition) is 1. The van der Waals surface area contributed by atoms with Gasteiger partial charge in [0.15, 0.2) is 11.6 Å². The van der Waals surface area contributed by atoms with Gasteiger partial charge in [-0.3, -0.25) is 14.9 Å². The first kappa shape index (κ1) is 29.2. The summed E-state index contributed by atoms with van der Waals surface area (Å²) in [5, 5.41) is 18.1. The molecule has 0 saturated carbocycles. The second-order valence-electron chi connectivity index (χ2n) is 4.24. The largest absolute Gasteiger partial charge is 0.493 e. The summed E-state index contributed by atoms with van der Waals surface area (Å²) in [6.07, 6.45) is 0.396. The first-order valence-corrected chi connectivity index (χ1v) is 8.10. The van der Waals surface area contributed by atoms with E-state index in [1.807, 2.05) is 13.8 Å². The zero-order valence-electron chi connectivity index (χ0n) is 16.0. The minimum absolute atomic E-state index is 0. The van der Waals surface area contributed by atoms with E-state index in [2.05, 4.69) is 6.92 Å². The Balaban J connectivity index is -0.000000985. The number of nitro groups is 1. The van der Waals surface area contributed by atoms with Crippen LogP contribution in [0.2, 0.25) is 0 Å². The molecule has 1 aromatic carbocycles. The van der Waals surface area contributed by atoms with Crippen molar-refractivity contribution in [3.05, 3.63) is 40.6 Å². The normalized spacial score (nSPS) is 8.77. The fraction of sp³-hybridized carbons (Fsp3) is 0.529. The van der Waals surface area contributed by atoms with Crippen molar-refractivity contribution in [2.75, 3.05) is 26.8 Å². The first-order valence-electron chi connectivity index (χ1n) is 8.10. The molecule has 1 N–H and O–H groups in total. The molecule has 0 saturated heterocycles. The van der Waals surface area contributed by atoms with Crippen LogP contribution in [0.3, 0.4) is 0 Å². The van der Waals surface area contributed by atoms with Crippen molar-refractivity contribution in [2.24, 2.45) is 0 Å². The molecule has 0 heterocycles. The topological polar surface area (TPSA) is 92.9 Å². The number of aliphatic hydroxyl groups is 1. The Hall–Kier alpha value is -1.53. The van der Waals surface area contributed by atoms with Gasteiger partial charge in [0.25, 0.3) is 11.6 Å². The van der Waals surface area contributed by atoms with Gasteiger partial charge in [0.05, 0.1) is 17.6 Å². The second-order valence-corrected chi connectivity index (χ2v) is 4.24. The van der Waals surface area contributed by atoms with Gasteiger partial charge in [0.1, 0.15) is 5.56 Å². The number of ether oxygens (including phenoxy) is 1. The molecule has 9 heteroatoms. The summed E-state index contributed by atoms with van der Waals surface area (Å²) in [4.78, 5) is 24.0. The number of halogens is 1. The van der Waals surface area contributed by atoms with Crippen LogP contribution in [0.1, 0.15) is 44.5 Å². The molecule has 0 aliphatic heterocycles. The molecule has 0 unspecified atom stereocenters. The molecule has 26 heavy (non-hydrogen) atoms. The second kappa shape index (κ2) is 16.9. The summed E-state index contributed by atoms with van der Waals surface area (Å²) in [6, 6.07) is 1.80. The van der Waals surface area contributed by atoms with E-state index in [4.69, 9.17) is 9.84 Å². The van der Waals surface area contributed by atoms with Crippen molar-refractivity contribution in [2.45, 2.75) is 34.1 Å². The van der Waals surface area contributed by atoms with E-state index < -0.39 is 22.3 Å². The Morgan fingerprint density at radius 1 is 1.31 bits per heavy atom. The van der Waals surface area contributed by atoms with Crippen molar-refractivity contribution in [1.82, 2.24) is 4.90 Å². The van der Waals surface area contributed by atoms with Crippen molar-refractivity contribution in [3.63, 3.8) is 0 Å². The Morgan fingerprint density at radius 3 is 2.19 bits per heavy atom. The number of benzene rings is 1. The van der Waals surface area contributed by atoms with E-state index in [1.54, 1.807) is 13.8 Å². The molecule has 1 rings (SSSR count). The predicted molar refractivity (Wildman–Crippen MR) is 95.3 cm³/mol. The van der Waals surface area contributed by atoms with E-state index in [0.29, 0.717) is 19.5 Å². The molecule has 0 aromatic heterocycles. The van der Waals surface area contributed by atoms with Crippen LogP contribution < -0.4 is 4.74 Å². The summed E-state index contributed by atoms with van der Waals surface area (Å²) in [5.41, 5.74) is -0.740. The van der Waals surface area contributed by atoms with Crippen LogP contribution in [0.25, 0.3) is 0 Å². The molecule has 150 valence electrons. The molecule has 0 atom stereocenters. The zero-order chi connectivity index (χ0) is 20.0. The van der Waals surface area contributed by atoms with Crippen molar-refractivity contribution in [1.29, 1.82) is 0 Å². The monoisotopic (exact) mass is 543 g/mol. The number of nitrogens with zero attached hydrogens (tertiary/aromatic N) is 2. The number of hydrogen-bond acceptors (Lipinski definition) is 5. The number of aliphatic hydroxyl groups excluding tert-OH is 1. The summed E-state index contributed by atoms with van der Waals surface area (Å²) in [5.74, 6) is -1.62. The van der Waals surface area contributed by atoms with Gasteiger partial charge in [-0.2, -0.15) is 0 Å². The van der Waals surface area contributed by atoms with Gasteiger partial charge in [-0.15, -0.1) is 6.42 Å². The molecule has 0 radical (unpaired) electrons. The molecular formula is C17H28FN2O5W-. The van der Waals surface area contributed by atoms with Crippen LogP contribution in [0.4, 0.5) is 10.1 Å². The van der Waals surface area contributed by atoms with Crippen LogP contribution in [-0.2, 0) is 21.1 Å². The Morgan fingerprint density at radius 2 is 1.81 bits per heavy atom. The van der Waals surface area contributed by atoms with E-state index in [0.717, 1.165) is 19.2 Å². The van der Waals surface area contributed by atoms with Gasteiger partial charge in [0.2, 0.25) is 0 Å². The van der Waals surface area contributed by atoms with Gasteiger partial charge in [-0.1, -0.05) is 13.8 Å². The van der Waals surface area contributed by atoms with Crippen LogP contribution in [-0.4, -0.2) is 47.6 Å². The molecule has 1 aromatic rings. The standard InChI is InChI=1S/C14H18FN2O4.C2H6.CH4O.W/c1-4-7-21-13-9-12(17(19)20)10(8-11(13)15)14(18)16(5-2)6-3;2*1-2;/h8-9H,1,4-7H2,2-3H3;1-2H3;2H,1H3;/q-1;;;. The Kier molecular flexibility index (Phi) is 19.0. The quantitative estimate of drug-likeness (QED) is 0.323. The average Bonchev–Trinajstić information content (AvgIpc) is 2.64. The summed E-state index contributed by atoms with van der Waals surface area (Å²) >= 11 is 0. The molecule has 0 spiro atoms. The van der Waals surface area contributed by atoms with Gasteiger partial charge >= 0.3 is 0 Å². The van der Waals surface area contributed by atoms with Gasteiger partial charge < -0.3 is 21.7 Å². The van der Waals surface area contributed by atoms with E-state index in [9.17, 15) is 19.3 Å².